The molecule has 0 bridgehead atoms. The van der Waals surface area contributed by atoms with Crippen LogP contribution in [-0.2, 0) is 9.59 Å². The Morgan fingerprint density at radius 1 is 1.24 bits per heavy atom. The van der Waals surface area contributed by atoms with Crippen LogP contribution in [-0.4, -0.2) is 36.1 Å². The van der Waals surface area contributed by atoms with Crippen LogP contribution < -0.4 is 5.32 Å². The number of carbonyl (C=O) groups excluding carboxylic acids is 2. The van der Waals surface area contributed by atoms with Crippen LogP contribution in [0.15, 0.2) is 51.8 Å². The van der Waals surface area contributed by atoms with E-state index in [4.69, 9.17) is 11.6 Å². The molecular formula is C18H18BrClN2O2S. The number of amides is 2. The lowest BCUT2D eigenvalue weighted by molar-refractivity contribution is -0.131. The molecule has 132 valence electrons. The first kappa shape index (κ1) is 19.8. The van der Waals surface area contributed by atoms with Crippen LogP contribution >= 0.6 is 39.3 Å². The van der Waals surface area contributed by atoms with Crippen molar-refractivity contribution in [2.45, 2.75) is 11.8 Å². The maximum absolute atomic E-state index is 12.2. The molecule has 0 saturated heterocycles. The monoisotopic (exact) mass is 440 g/mol. The quantitative estimate of drug-likeness (QED) is 0.667. The highest BCUT2D eigenvalue weighted by molar-refractivity contribution is 9.10. The molecule has 2 aromatic carbocycles. The van der Waals surface area contributed by atoms with Crippen molar-refractivity contribution >= 4 is 56.8 Å². The Kier molecular flexibility index (Phi) is 7.35. The topological polar surface area (TPSA) is 49.4 Å². The van der Waals surface area contributed by atoms with Gasteiger partial charge in [0.05, 0.1) is 17.3 Å². The van der Waals surface area contributed by atoms with Gasteiger partial charge in [-0.2, -0.15) is 0 Å². The van der Waals surface area contributed by atoms with Crippen LogP contribution in [0.5, 0.6) is 0 Å². The molecule has 7 heteroatoms. The number of carbonyl (C=O) groups is 2. The molecule has 0 aliphatic carbocycles. The molecule has 0 aromatic heterocycles. The summed E-state index contributed by atoms with van der Waals surface area (Å²) in [6.07, 6.45) is 0. The number of likely N-dealkylation sites (N-methyl/N-ethyl adjacent to an activating group) is 1. The van der Waals surface area contributed by atoms with Gasteiger partial charge in [-0.05, 0) is 42.8 Å². The van der Waals surface area contributed by atoms with Crippen molar-refractivity contribution in [3.8, 4) is 0 Å². The largest absolute Gasteiger partial charge is 0.336 e. The Morgan fingerprint density at radius 3 is 2.64 bits per heavy atom. The summed E-state index contributed by atoms with van der Waals surface area (Å²) >= 11 is 10.8. The van der Waals surface area contributed by atoms with Gasteiger partial charge in [-0.25, -0.2) is 0 Å². The maximum atomic E-state index is 12.2. The first-order valence-corrected chi connectivity index (χ1v) is 9.70. The molecule has 0 heterocycles. The van der Waals surface area contributed by atoms with Gasteiger partial charge < -0.3 is 10.2 Å². The first-order chi connectivity index (χ1) is 11.9. The normalized spacial score (nSPS) is 10.4. The van der Waals surface area contributed by atoms with Gasteiger partial charge in [0.2, 0.25) is 11.8 Å². The zero-order chi connectivity index (χ0) is 18.4. The number of aryl methyl sites for hydroxylation is 1. The van der Waals surface area contributed by atoms with E-state index in [1.807, 2.05) is 43.3 Å². The minimum absolute atomic E-state index is 0.00256. The Balaban J connectivity index is 1.85. The van der Waals surface area contributed by atoms with E-state index < -0.39 is 0 Å². The lowest BCUT2D eigenvalue weighted by Gasteiger charge is -2.17. The lowest BCUT2D eigenvalue weighted by Crippen LogP contribution is -2.36. The molecule has 0 atom stereocenters. The fourth-order valence-electron chi connectivity index (χ4n) is 2.07. The Hall–Kier alpha value is -1.50. The van der Waals surface area contributed by atoms with Gasteiger partial charge in [-0.1, -0.05) is 39.7 Å². The Bertz CT molecular complexity index is 785. The number of nitrogens with zero attached hydrogens (tertiary/aromatic N) is 1. The summed E-state index contributed by atoms with van der Waals surface area (Å²) in [5, 5.41) is 3.44. The SMILES string of the molecule is Cc1cc(Br)ccc1NC(=O)CN(C)C(=O)CSc1ccccc1Cl. The summed E-state index contributed by atoms with van der Waals surface area (Å²) in [6, 6.07) is 13.0. The van der Waals surface area contributed by atoms with Gasteiger partial charge in [0, 0.05) is 22.1 Å². The van der Waals surface area contributed by atoms with E-state index in [1.54, 1.807) is 13.1 Å². The van der Waals surface area contributed by atoms with Crippen molar-refractivity contribution in [2.75, 3.05) is 24.7 Å². The van der Waals surface area contributed by atoms with Crippen molar-refractivity contribution in [1.82, 2.24) is 4.90 Å². The Labute approximate surface area is 165 Å². The predicted molar refractivity (Wildman–Crippen MR) is 107 cm³/mol. The third kappa shape index (κ3) is 6.06. The molecule has 0 radical (unpaired) electrons. The minimum Gasteiger partial charge on any atom is -0.336 e. The molecule has 0 saturated carbocycles. The van der Waals surface area contributed by atoms with Crippen LogP contribution in [0.25, 0.3) is 0 Å². The third-order valence-electron chi connectivity index (χ3n) is 3.46. The molecule has 4 nitrogen and oxygen atoms in total. The van der Waals surface area contributed by atoms with Gasteiger partial charge in [-0.15, -0.1) is 11.8 Å². The second-order valence-corrected chi connectivity index (χ2v) is 7.82. The van der Waals surface area contributed by atoms with E-state index in [0.717, 1.165) is 20.6 Å². The summed E-state index contributed by atoms with van der Waals surface area (Å²) in [6.45, 7) is 1.91. The van der Waals surface area contributed by atoms with E-state index in [2.05, 4.69) is 21.2 Å². The zero-order valence-corrected chi connectivity index (χ0v) is 17.0. The van der Waals surface area contributed by atoms with Crippen LogP contribution in [0.4, 0.5) is 5.69 Å². The first-order valence-electron chi connectivity index (χ1n) is 7.54. The number of nitrogens with one attached hydrogen (secondary N) is 1. The molecule has 0 spiro atoms. The highest BCUT2D eigenvalue weighted by Crippen LogP contribution is 2.26. The minimum atomic E-state index is -0.232. The number of hydrogen-bond donors (Lipinski definition) is 1. The molecule has 1 N–H and O–H groups in total. The molecule has 0 fully saturated rings. The van der Waals surface area contributed by atoms with Gasteiger partial charge in [0.25, 0.3) is 0 Å². The second kappa shape index (κ2) is 9.27. The van der Waals surface area contributed by atoms with Gasteiger partial charge in [-0.3, -0.25) is 9.59 Å². The molecule has 2 aromatic rings. The molecule has 0 aliphatic rings. The summed E-state index contributed by atoms with van der Waals surface area (Å²) in [5.74, 6) is -0.137. The van der Waals surface area contributed by atoms with E-state index >= 15 is 0 Å². The molecule has 0 aliphatic heterocycles. The second-order valence-electron chi connectivity index (χ2n) is 5.48. The predicted octanol–water partition coefficient (Wildman–Crippen LogP) is 4.60. The lowest BCUT2D eigenvalue weighted by atomic mass is 10.2. The molecule has 2 rings (SSSR count). The fourth-order valence-corrected chi connectivity index (χ4v) is 3.73. The van der Waals surface area contributed by atoms with Gasteiger partial charge in [0.1, 0.15) is 0 Å². The molecule has 2 amide bonds. The average Bonchev–Trinajstić information content (AvgIpc) is 2.56. The van der Waals surface area contributed by atoms with Crippen LogP contribution in [0.3, 0.4) is 0 Å². The van der Waals surface area contributed by atoms with Crippen LogP contribution in [0, 0.1) is 6.92 Å². The molecule has 0 unspecified atom stereocenters. The number of thioether (sulfide) groups is 1. The summed E-state index contributed by atoms with van der Waals surface area (Å²) in [5.41, 5.74) is 1.69. The average molecular weight is 442 g/mol. The standard InChI is InChI=1S/C18H18BrClN2O2S/c1-12-9-13(19)7-8-15(12)21-17(23)10-22(2)18(24)11-25-16-6-4-3-5-14(16)20/h3-9H,10-11H2,1-2H3,(H,21,23). The summed E-state index contributed by atoms with van der Waals surface area (Å²) < 4.78 is 0.951. The zero-order valence-electron chi connectivity index (χ0n) is 13.9. The van der Waals surface area contributed by atoms with Gasteiger partial charge >= 0.3 is 0 Å². The maximum Gasteiger partial charge on any atom is 0.243 e. The third-order valence-corrected chi connectivity index (χ3v) is 5.45. The van der Waals surface area contributed by atoms with Crippen molar-refractivity contribution in [1.29, 1.82) is 0 Å². The van der Waals surface area contributed by atoms with E-state index in [-0.39, 0.29) is 24.1 Å². The number of rotatable bonds is 6. The van der Waals surface area contributed by atoms with Crippen molar-refractivity contribution < 1.29 is 9.59 Å². The van der Waals surface area contributed by atoms with Crippen molar-refractivity contribution in [3.05, 3.63) is 57.5 Å². The number of hydrogen-bond acceptors (Lipinski definition) is 3. The van der Waals surface area contributed by atoms with E-state index in [1.165, 1.54) is 16.7 Å². The van der Waals surface area contributed by atoms with E-state index in [0.29, 0.717) is 5.02 Å². The number of benzene rings is 2. The van der Waals surface area contributed by atoms with Crippen molar-refractivity contribution in [2.24, 2.45) is 0 Å². The highest BCUT2D eigenvalue weighted by atomic mass is 79.9. The smallest absolute Gasteiger partial charge is 0.243 e. The van der Waals surface area contributed by atoms with Crippen LogP contribution in [0.1, 0.15) is 5.56 Å². The fraction of sp³-hybridized carbons (Fsp3) is 0.222. The number of anilines is 1. The van der Waals surface area contributed by atoms with E-state index in [9.17, 15) is 9.59 Å². The van der Waals surface area contributed by atoms with Crippen LogP contribution in [0.2, 0.25) is 5.02 Å². The molecular weight excluding hydrogens is 424 g/mol. The van der Waals surface area contributed by atoms with Crippen molar-refractivity contribution in [3.63, 3.8) is 0 Å². The molecule has 25 heavy (non-hydrogen) atoms. The Morgan fingerprint density at radius 2 is 1.96 bits per heavy atom. The van der Waals surface area contributed by atoms with Gasteiger partial charge in [0.15, 0.2) is 0 Å². The summed E-state index contributed by atoms with van der Waals surface area (Å²) in [4.78, 5) is 26.6. The summed E-state index contributed by atoms with van der Waals surface area (Å²) in [7, 11) is 1.61. The number of halogens is 2. The highest BCUT2D eigenvalue weighted by Gasteiger charge is 2.14.